The molecule has 6 nitrogen and oxygen atoms in total. The largest absolute Gasteiger partial charge is 0.454 e. The van der Waals surface area contributed by atoms with Crippen LogP contribution in [0, 0.1) is 0 Å². The lowest BCUT2D eigenvalue weighted by molar-refractivity contribution is 0.595. The van der Waals surface area contributed by atoms with Crippen molar-refractivity contribution in [3.05, 3.63) is 151 Å². The predicted molar refractivity (Wildman–Crippen MR) is 185 cm³/mol. The van der Waals surface area contributed by atoms with Crippen molar-refractivity contribution in [3.8, 4) is 11.1 Å². The van der Waals surface area contributed by atoms with E-state index in [2.05, 4.69) is 63.6 Å². The molecule has 5 aromatic rings. The van der Waals surface area contributed by atoms with E-state index in [0.29, 0.717) is 5.76 Å². The number of aromatic nitrogens is 1. The van der Waals surface area contributed by atoms with Gasteiger partial charge in [0.2, 0.25) is 0 Å². The predicted octanol–water partition coefficient (Wildman–Crippen LogP) is 8.82. The first-order valence-corrected chi connectivity index (χ1v) is 15.1. The fourth-order valence-corrected chi connectivity index (χ4v) is 6.22. The van der Waals surface area contributed by atoms with Gasteiger partial charge in [0.15, 0.2) is 5.76 Å². The Labute approximate surface area is 258 Å². The first-order valence-electron chi connectivity index (χ1n) is 14.3. The van der Waals surface area contributed by atoms with Crippen LogP contribution in [0.5, 0.6) is 0 Å². The highest BCUT2D eigenvalue weighted by Gasteiger charge is 2.27. The van der Waals surface area contributed by atoms with Crippen molar-refractivity contribution in [2.45, 2.75) is 0 Å². The Balaban J connectivity index is 1.52. The van der Waals surface area contributed by atoms with Crippen LogP contribution >= 0.6 is 11.9 Å². The maximum absolute atomic E-state index is 6.76. The van der Waals surface area contributed by atoms with Gasteiger partial charge in [-0.1, -0.05) is 60.7 Å². The zero-order valence-corrected chi connectivity index (χ0v) is 24.3. The number of furan rings is 1. The molecule has 210 valence electrons. The molecule has 2 N–H and O–H groups in total. The lowest BCUT2D eigenvalue weighted by Gasteiger charge is -2.18. The Morgan fingerprint density at radius 2 is 1.66 bits per heavy atom. The second kappa shape index (κ2) is 11.2. The Morgan fingerprint density at radius 3 is 2.61 bits per heavy atom. The summed E-state index contributed by atoms with van der Waals surface area (Å²) in [4.78, 5) is 14.4. The molecule has 2 aromatic heterocycles. The minimum absolute atomic E-state index is 0.706. The van der Waals surface area contributed by atoms with Gasteiger partial charge in [-0.05, 0) is 72.1 Å². The number of pyridine rings is 1. The number of rotatable bonds is 4. The number of nitrogens with one attached hydrogen (secondary N) is 2. The molecule has 0 saturated heterocycles. The summed E-state index contributed by atoms with van der Waals surface area (Å²) in [5.74, 6) is 0.706. The smallest absolute Gasteiger partial charge is 0.161 e. The molecule has 0 fully saturated rings. The van der Waals surface area contributed by atoms with E-state index in [9.17, 15) is 0 Å². The van der Waals surface area contributed by atoms with Crippen LogP contribution in [0.3, 0.4) is 0 Å². The van der Waals surface area contributed by atoms with Gasteiger partial charge in [-0.15, -0.1) is 0 Å². The van der Waals surface area contributed by atoms with E-state index in [-0.39, 0.29) is 0 Å². The normalized spacial score (nSPS) is 19.2. The fraction of sp³-hybridized carbons (Fsp3) is 0. The Kier molecular flexibility index (Phi) is 6.62. The van der Waals surface area contributed by atoms with Crippen LogP contribution in [-0.2, 0) is 0 Å². The molecular formula is C37H25N5OS. The van der Waals surface area contributed by atoms with Gasteiger partial charge in [0.25, 0.3) is 0 Å². The number of para-hydroxylation sites is 1. The van der Waals surface area contributed by atoms with Gasteiger partial charge >= 0.3 is 0 Å². The maximum atomic E-state index is 6.76. The van der Waals surface area contributed by atoms with Gasteiger partial charge in [-0.25, -0.2) is 4.98 Å². The first-order chi connectivity index (χ1) is 21.8. The average molecular weight is 588 g/mol. The van der Waals surface area contributed by atoms with Crippen LogP contribution in [0.2, 0.25) is 0 Å². The Bertz CT molecular complexity index is 2260. The van der Waals surface area contributed by atoms with E-state index in [1.807, 2.05) is 85.4 Å². The molecule has 7 heteroatoms. The molecule has 0 radical (unpaired) electrons. The van der Waals surface area contributed by atoms with Crippen LogP contribution in [0.4, 0.5) is 0 Å². The van der Waals surface area contributed by atoms with Crippen molar-refractivity contribution in [3.63, 3.8) is 0 Å². The molecular weight excluding hydrogens is 563 g/mol. The van der Waals surface area contributed by atoms with E-state index in [0.717, 1.165) is 72.1 Å². The van der Waals surface area contributed by atoms with Gasteiger partial charge in [0, 0.05) is 39.7 Å². The van der Waals surface area contributed by atoms with Crippen LogP contribution in [0.1, 0.15) is 16.9 Å². The summed E-state index contributed by atoms with van der Waals surface area (Å²) < 4.78 is 10.2. The molecule has 3 aromatic carbocycles. The molecule has 0 spiro atoms. The van der Waals surface area contributed by atoms with Crippen LogP contribution in [-0.4, -0.2) is 16.2 Å². The molecule has 44 heavy (non-hydrogen) atoms. The van der Waals surface area contributed by atoms with Crippen molar-refractivity contribution in [2.75, 3.05) is 0 Å². The third kappa shape index (κ3) is 4.60. The zero-order valence-electron chi connectivity index (χ0n) is 23.4. The molecule has 0 saturated carbocycles. The van der Waals surface area contributed by atoms with E-state index in [1.165, 1.54) is 11.9 Å². The van der Waals surface area contributed by atoms with Crippen LogP contribution < -0.4 is 10.0 Å². The van der Waals surface area contributed by atoms with Crippen molar-refractivity contribution in [1.82, 2.24) is 15.0 Å². The molecule has 3 aliphatic heterocycles. The topological polar surface area (TPSA) is 74.8 Å². The number of aliphatic imine (C=N–C) groups is 2. The number of fused-ring (bicyclic) bond motifs is 3. The highest BCUT2D eigenvalue weighted by atomic mass is 32.2. The summed E-state index contributed by atoms with van der Waals surface area (Å²) in [6.07, 6.45) is 23.5. The minimum Gasteiger partial charge on any atom is -0.454 e. The summed E-state index contributed by atoms with van der Waals surface area (Å²) in [6, 6.07) is 20.9. The zero-order chi connectivity index (χ0) is 29.3. The first kappa shape index (κ1) is 26.0. The quantitative estimate of drug-likeness (QED) is 0.162. The van der Waals surface area contributed by atoms with Crippen LogP contribution in [0.15, 0.2) is 148 Å². The molecule has 0 aliphatic carbocycles. The van der Waals surface area contributed by atoms with Gasteiger partial charge in [0.1, 0.15) is 5.58 Å². The van der Waals surface area contributed by atoms with Crippen molar-refractivity contribution in [2.24, 2.45) is 9.98 Å². The van der Waals surface area contributed by atoms with Gasteiger partial charge in [-0.3, -0.25) is 9.98 Å². The summed E-state index contributed by atoms with van der Waals surface area (Å²) >= 11 is 1.45. The van der Waals surface area contributed by atoms with Crippen LogP contribution in [0.25, 0.3) is 55.3 Å². The number of hydrogen-bond donors (Lipinski definition) is 2. The SMILES string of the molecule is C1=CC=C(c2oc3ccc(C4=CN=CSN4)c(-c4cccc5nc6ccccc6cc45)c3c2C2=N/C=C\C=C/C=C\2)NC=C1. The van der Waals surface area contributed by atoms with Gasteiger partial charge in [-0.2, -0.15) is 0 Å². The van der Waals surface area contributed by atoms with E-state index in [1.54, 1.807) is 5.55 Å². The Morgan fingerprint density at radius 1 is 0.750 bits per heavy atom. The fourth-order valence-electron chi connectivity index (χ4n) is 5.76. The standard InChI is InChI=1S/C37H25N5OS/c1-2-8-19-39-30(14-4-1)35-36-33(43-37(35)31-15-5-3-9-20-40-31)18-17-26(32-22-38-23-44-42-32)34(36)25-12-10-16-29-27(25)21-24-11-6-7-13-28(24)41-29/h1-23,40,42H/b2-1-,4-1?,8-2?,14-4-,19-8-,30-14?,39-19?,39-30+. The second-order valence-corrected chi connectivity index (χ2v) is 11.0. The lowest BCUT2D eigenvalue weighted by atomic mass is 9.88. The highest BCUT2D eigenvalue weighted by Crippen LogP contribution is 2.44. The monoisotopic (exact) mass is 587 g/mol. The van der Waals surface area contributed by atoms with E-state index >= 15 is 0 Å². The van der Waals surface area contributed by atoms with Gasteiger partial charge in [0.05, 0.1) is 45.4 Å². The van der Waals surface area contributed by atoms with Crippen molar-refractivity contribution < 1.29 is 4.42 Å². The molecule has 3 aliphatic rings. The van der Waals surface area contributed by atoms with E-state index in [4.69, 9.17) is 14.4 Å². The summed E-state index contributed by atoms with van der Waals surface area (Å²) in [5.41, 5.74) is 10.9. The second-order valence-electron chi connectivity index (χ2n) is 10.3. The number of nitrogens with zero attached hydrogens (tertiary/aromatic N) is 3. The molecule has 8 rings (SSSR count). The number of allylic oxidation sites excluding steroid dienone is 9. The molecule has 0 bridgehead atoms. The highest BCUT2D eigenvalue weighted by molar-refractivity contribution is 8.10. The number of hydrogen-bond acceptors (Lipinski definition) is 7. The molecule has 5 heterocycles. The summed E-state index contributed by atoms with van der Waals surface area (Å²) in [6.45, 7) is 0. The van der Waals surface area contributed by atoms with Crippen molar-refractivity contribution >= 4 is 67.4 Å². The average Bonchev–Trinajstić information content (AvgIpc) is 3.22. The van der Waals surface area contributed by atoms with Gasteiger partial charge < -0.3 is 14.5 Å². The summed E-state index contributed by atoms with van der Waals surface area (Å²) in [7, 11) is 0. The summed E-state index contributed by atoms with van der Waals surface area (Å²) in [5, 5.41) is 6.51. The third-order valence-corrected chi connectivity index (χ3v) is 8.24. The van der Waals surface area contributed by atoms with E-state index < -0.39 is 0 Å². The minimum atomic E-state index is 0.706. The maximum Gasteiger partial charge on any atom is 0.161 e. The lowest BCUT2D eigenvalue weighted by Crippen LogP contribution is -2.09. The molecule has 0 atom stereocenters. The molecule has 0 unspecified atom stereocenters. The number of benzene rings is 3. The van der Waals surface area contributed by atoms with Crippen molar-refractivity contribution in [1.29, 1.82) is 0 Å². The Hall–Kier alpha value is -5.66. The molecule has 0 amide bonds. The third-order valence-electron chi connectivity index (χ3n) is 7.67.